The van der Waals surface area contributed by atoms with Gasteiger partial charge < -0.3 is 9.84 Å². The van der Waals surface area contributed by atoms with Crippen molar-refractivity contribution in [2.45, 2.75) is 50.2 Å². The molecule has 1 saturated carbocycles. The van der Waals surface area contributed by atoms with Gasteiger partial charge in [-0.2, -0.15) is 0 Å². The lowest BCUT2D eigenvalue weighted by Gasteiger charge is -2.40. The van der Waals surface area contributed by atoms with Crippen molar-refractivity contribution in [1.82, 2.24) is 4.98 Å². The van der Waals surface area contributed by atoms with Gasteiger partial charge in [-0.15, -0.1) is 0 Å². The van der Waals surface area contributed by atoms with Crippen LogP contribution >= 0.6 is 0 Å². The molecule has 3 heteroatoms. The minimum atomic E-state index is -0.464. The van der Waals surface area contributed by atoms with Crippen molar-refractivity contribution in [1.29, 1.82) is 0 Å². The molecule has 1 aromatic carbocycles. The Balaban J connectivity index is 1.87. The van der Waals surface area contributed by atoms with Gasteiger partial charge in [-0.05, 0) is 30.5 Å². The number of para-hydroxylation sites is 1. The summed E-state index contributed by atoms with van der Waals surface area (Å²) in [6.45, 7) is 0. The molecule has 1 N–H and O–H groups in total. The van der Waals surface area contributed by atoms with Gasteiger partial charge in [-0.25, -0.2) is 0 Å². The van der Waals surface area contributed by atoms with Crippen LogP contribution in [0.15, 0.2) is 36.5 Å². The van der Waals surface area contributed by atoms with Crippen molar-refractivity contribution >= 4 is 10.9 Å². The summed E-state index contributed by atoms with van der Waals surface area (Å²) in [4.78, 5) is 4.39. The molecule has 112 valence electrons. The number of methoxy groups -OCH3 is 1. The van der Waals surface area contributed by atoms with E-state index >= 15 is 0 Å². The number of aromatic nitrogens is 1. The molecule has 1 fully saturated rings. The average molecular weight is 285 g/mol. The van der Waals surface area contributed by atoms with Crippen LogP contribution in [-0.4, -0.2) is 28.9 Å². The molecule has 3 rings (SSSR count). The second-order valence-electron chi connectivity index (χ2n) is 6.04. The molecule has 0 bridgehead atoms. The maximum absolute atomic E-state index is 10.8. The van der Waals surface area contributed by atoms with Gasteiger partial charge in [0.15, 0.2) is 0 Å². The Bertz CT molecular complexity index is 600. The molecule has 3 nitrogen and oxygen atoms in total. The van der Waals surface area contributed by atoms with Gasteiger partial charge in [0, 0.05) is 25.1 Å². The third-order valence-electron chi connectivity index (χ3n) is 4.87. The normalized spacial score (nSPS) is 19.5. The smallest absolute Gasteiger partial charge is 0.0939 e. The van der Waals surface area contributed by atoms with E-state index in [0.29, 0.717) is 6.42 Å². The Morgan fingerprint density at radius 2 is 1.95 bits per heavy atom. The second kappa shape index (κ2) is 6.12. The molecule has 0 spiro atoms. The maximum Gasteiger partial charge on any atom is 0.0939 e. The molecular weight excluding hydrogens is 262 g/mol. The van der Waals surface area contributed by atoms with E-state index < -0.39 is 6.10 Å². The molecular formula is C18H23NO2. The summed E-state index contributed by atoms with van der Waals surface area (Å²) in [5, 5.41) is 11.9. The fourth-order valence-corrected chi connectivity index (χ4v) is 3.55. The molecule has 1 aromatic heterocycles. The zero-order chi connectivity index (χ0) is 14.7. The number of fused-ring (bicyclic) bond motifs is 1. The highest BCUT2D eigenvalue weighted by molar-refractivity contribution is 5.81. The van der Waals surface area contributed by atoms with Crippen molar-refractivity contribution in [2.75, 3.05) is 7.11 Å². The summed E-state index contributed by atoms with van der Waals surface area (Å²) >= 11 is 0. The number of pyridine rings is 1. The van der Waals surface area contributed by atoms with Crippen LogP contribution < -0.4 is 0 Å². The van der Waals surface area contributed by atoms with Crippen LogP contribution in [0, 0.1) is 0 Å². The van der Waals surface area contributed by atoms with E-state index in [4.69, 9.17) is 4.74 Å². The van der Waals surface area contributed by atoms with Crippen molar-refractivity contribution in [3.63, 3.8) is 0 Å². The van der Waals surface area contributed by atoms with Crippen LogP contribution in [0.2, 0.25) is 0 Å². The summed E-state index contributed by atoms with van der Waals surface area (Å²) in [7, 11) is 1.74. The van der Waals surface area contributed by atoms with E-state index in [9.17, 15) is 5.11 Å². The Hall–Kier alpha value is -1.45. The number of hydrogen-bond acceptors (Lipinski definition) is 3. The highest BCUT2D eigenvalue weighted by atomic mass is 16.5. The van der Waals surface area contributed by atoms with E-state index in [1.54, 1.807) is 7.11 Å². The first-order valence-electron chi connectivity index (χ1n) is 7.81. The summed E-state index contributed by atoms with van der Waals surface area (Å²) < 4.78 is 5.76. The molecule has 1 atom stereocenters. The molecule has 0 radical (unpaired) electrons. The lowest BCUT2D eigenvalue weighted by molar-refractivity contribution is -0.122. The van der Waals surface area contributed by atoms with Gasteiger partial charge in [0.2, 0.25) is 0 Å². The van der Waals surface area contributed by atoms with Crippen molar-refractivity contribution < 1.29 is 9.84 Å². The number of rotatable bonds is 4. The van der Waals surface area contributed by atoms with E-state index in [1.165, 1.54) is 6.42 Å². The van der Waals surface area contributed by atoms with Gasteiger partial charge in [-0.3, -0.25) is 4.98 Å². The van der Waals surface area contributed by atoms with Gasteiger partial charge in [0.05, 0.1) is 17.2 Å². The molecule has 1 unspecified atom stereocenters. The SMILES string of the molecule is COC1(C(O)Cc2ccnc3ccccc23)CCCCC1. The van der Waals surface area contributed by atoms with Crippen LogP contribution in [0.25, 0.3) is 10.9 Å². The molecule has 1 aliphatic carbocycles. The molecule has 2 aromatic rings. The number of benzene rings is 1. The predicted molar refractivity (Wildman–Crippen MR) is 84.3 cm³/mol. The number of aliphatic hydroxyl groups is 1. The van der Waals surface area contributed by atoms with E-state index in [0.717, 1.165) is 42.1 Å². The highest BCUT2D eigenvalue weighted by Gasteiger charge is 2.39. The summed E-state index contributed by atoms with van der Waals surface area (Å²) in [5.41, 5.74) is 1.76. The van der Waals surface area contributed by atoms with Crippen molar-refractivity contribution in [3.8, 4) is 0 Å². The van der Waals surface area contributed by atoms with Gasteiger partial charge in [0.25, 0.3) is 0 Å². The van der Waals surface area contributed by atoms with Gasteiger partial charge in [0.1, 0.15) is 0 Å². The second-order valence-corrected chi connectivity index (χ2v) is 6.04. The average Bonchev–Trinajstić information content (AvgIpc) is 2.56. The van der Waals surface area contributed by atoms with Crippen LogP contribution in [-0.2, 0) is 11.2 Å². The van der Waals surface area contributed by atoms with Crippen LogP contribution in [0.1, 0.15) is 37.7 Å². The fourth-order valence-electron chi connectivity index (χ4n) is 3.55. The van der Waals surface area contributed by atoms with E-state index in [2.05, 4.69) is 11.1 Å². The summed E-state index contributed by atoms with van der Waals surface area (Å²) in [6, 6.07) is 10.1. The monoisotopic (exact) mass is 285 g/mol. The Kier molecular flexibility index (Phi) is 4.22. The van der Waals surface area contributed by atoms with Crippen LogP contribution in [0.4, 0.5) is 0 Å². The van der Waals surface area contributed by atoms with Crippen molar-refractivity contribution in [3.05, 3.63) is 42.1 Å². The molecule has 1 heterocycles. The zero-order valence-corrected chi connectivity index (χ0v) is 12.6. The molecule has 0 aliphatic heterocycles. The quantitative estimate of drug-likeness (QED) is 0.935. The molecule has 0 amide bonds. The number of aliphatic hydroxyl groups excluding tert-OH is 1. The minimum Gasteiger partial charge on any atom is -0.390 e. The van der Waals surface area contributed by atoms with E-state index in [-0.39, 0.29) is 5.60 Å². The third-order valence-corrected chi connectivity index (χ3v) is 4.87. The van der Waals surface area contributed by atoms with Gasteiger partial charge >= 0.3 is 0 Å². The largest absolute Gasteiger partial charge is 0.390 e. The van der Waals surface area contributed by atoms with Crippen molar-refractivity contribution in [2.24, 2.45) is 0 Å². The van der Waals surface area contributed by atoms with Crippen LogP contribution in [0.5, 0.6) is 0 Å². The standard InChI is InChI=1S/C18H23NO2/c1-21-18(10-5-2-6-11-18)17(20)13-14-9-12-19-16-8-4-3-7-15(14)16/h3-4,7-9,12,17,20H,2,5-6,10-11,13H2,1H3. The first-order valence-corrected chi connectivity index (χ1v) is 7.81. The zero-order valence-electron chi connectivity index (χ0n) is 12.6. The fraction of sp³-hybridized carbons (Fsp3) is 0.500. The first kappa shape index (κ1) is 14.5. The molecule has 21 heavy (non-hydrogen) atoms. The third kappa shape index (κ3) is 2.81. The Labute approximate surface area is 126 Å². The first-order chi connectivity index (χ1) is 10.2. The molecule has 1 aliphatic rings. The Morgan fingerprint density at radius 3 is 2.71 bits per heavy atom. The predicted octanol–water partition coefficient (Wildman–Crippen LogP) is 3.49. The number of hydrogen-bond donors (Lipinski definition) is 1. The van der Waals surface area contributed by atoms with Gasteiger partial charge in [-0.1, -0.05) is 37.5 Å². The Morgan fingerprint density at radius 1 is 1.19 bits per heavy atom. The van der Waals surface area contributed by atoms with Crippen LogP contribution in [0.3, 0.4) is 0 Å². The minimum absolute atomic E-state index is 0.372. The van der Waals surface area contributed by atoms with E-state index in [1.807, 2.05) is 30.5 Å². The lowest BCUT2D eigenvalue weighted by atomic mass is 9.78. The number of ether oxygens (including phenoxy) is 1. The maximum atomic E-state index is 10.8. The topological polar surface area (TPSA) is 42.4 Å². The summed E-state index contributed by atoms with van der Waals surface area (Å²) in [5.74, 6) is 0. The number of nitrogens with zero attached hydrogens (tertiary/aromatic N) is 1. The highest BCUT2D eigenvalue weighted by Crippen LogP contribution is 2.35. The summed E-state index contributed by atoms with van der Waals surface area (Å²) in [6.07, 6.45) is 7.41. The lowest BCUT2D eigenvalue weighted by Crippen LogP contribution is -2.46. The molecule has 0 saturated heterocycles.